The average molecular weight is 427 g/mol. The molecule has 3 aromatic carbocycles. The van der Waals surface area contributed by atoms with Gasteiger partial charge in [-0.15, -0.1) is 0 Å². The fraction of sp³-hybridized carbons (Fsp3) is 0.192. The van der Waals surface area contributed by atoms with Crippen molar-refractivity contribution in [2.24, 2.45) is 5.73 Å². The quantitative estimate of drug-likeness (QED) is 0.494. The Hall–Kier alpha value is -4.13. The van der Waals surface area contributed by atoms with Crippen LogP contribution in [0.1, 0.15) is 16.7 Å². The van der Waals surface area contributed by atoms with Gasteiger partial charge in [0.15, 0.2) is 11.4 Å². The third-order valence-electron chi connectivity index (χ3n) is 4.46. The fourth-order valence-corrected chi connectivity index (χ4v) is 2.72. The van der Waals surface area contributed by atoms with Gasteiger partial charge in [0.1, 0.15) is 6.61 Å². The third kappa shape index (κ3) is 9.13. The van der Waals surface area contributed by atoms with E-state index in [1.807, 2.05) is 66.7 Å². The Bertz CT molecular complexity index is 1030. The molecule has 0 atom stereocenters. The zero-order valence-corrected chi connectivity index (χ0v) is 17.8. The molecular formula is C26H26N4O2. The first-order valence-corrected chi connectivity index (χ1v) is 10.2. The molecule has 6 nitrogen and oxygen atoms in total. The number of nitrogens with two attached hydrogens (primary N) is 1. The molecule has 0 aliphatic carbocycles. The number of alkyl carbamates (subject to hydrolysis) is 1. The van der Waals surface area contributed by atoms with Gasteiger partial charge in [0.25, 0.3) is 0 Å². The van der Waals surface area contributed by atoms with E-state index in [2.05, 4.69) is 15.0 Å². The number of rotatable bonds is 7. The molecule has 3 N–H and O–H groups in total. The van der Waals surface area contributed by atoms with Crippen LogP contribution in [-0.2, 0) is 24.2 Å². The summed E-state index contributed by atoms with van der Waals surface area (Å²) in [4.78, 5) is 18.2. The number of ether oxygens (including phenoxy) is 1. The molecule has 0 spiro atoms. The molecule has 0 aromatic heterocycles. The molecule has 3 rings (SSSR count). The summed E-state index contributed by atoms with van der Waals surface area (Å²) in [6.07, 6.45) is 1.17. The van der Waals surface area contributed by atoms with Gasteiger partial charge in [-0.05, 0) is 36.1 Å². The second-order valence-electron chi connectivity index (χ2n) is 6.83. The van der Waals surface area contributed by atoms with Crippen molar-refractivity contribution in [1.82, 2.24) is 5.32 Å². The number of amides is 1. The maximum Gasteiger partial charge on any atom is 0.407 e. The highest BCUT2D eigenvalue weighted by Gasteiger charge is 2.02. The standard InChI is InChI=1S/C17H16N2O2.C9H10N2/c1-18-16-9-7-14(8-10-16)11-12-19-17(20)21-13-15-5-3-2-4-6-15;1-11-9-4-2-8(3-5-9)6-7-10/h2-10H,11-13H2,(H,19,20);2-5H,6-7,10H2. The Morgan fingerprint density at radius 3 is 1.81 bits per heavy atom. The van der Waals surface area contributed by atoms with Crippen molar-refractivity contribution >= 4 is 17.5 Å². The van der Waals surface area contributed by atoms with Crippen molar-refractivity contribution in [1.29, 1.82) is 0 Å². The van der Waals surface area contributed by atoms with Crippen molar-refractivity contribution in [3.63, 3.8) is 0 Å². The average Bonchev–Trinajstić information content (AvgIpc) is 2.85. The predicted molar refractivity (Wildman–Crippen MR) is 127 cm³/mol. The third-order valence-corrected chi connectivity index (χ3v) is 4.46. The first kappa shape index (κ1) is 24.1. The van der Waals surface area contributed by atoms with Gasteiger partial charge in [-0.25, -0.2) is 14.5 Å². The zero-order chi connectivity index (χ0) is 23.0. The molecule has 0 aliphatic heterocycles. The maximum absolute atomic E-state index is 11.5. The molecule has 0 saturated heterocycles. The lowest BCUT2D eigenvalue weighted by molar-refractivity contribution is 0.140. The summed E-state index contributed by atoms with van der Waals surface area (Å²) >= 11 is 0. The smallest absolute Gasteiger partial charge is 0.407 e. The van der Waals surface area contributed by atoms with Crippen LogP contribution in [-0.4, -0.2) is 19.2 Å². The minimum atomic E-state index is -0.420. The van der Waals surface area contributed by atoms with Crippen LogP contribution in [0, 0.1) is 13.1 Å². The zero-order valence-electron chi connectivity index (χ0n) is 17.8. The highest BCUT2D eigenvalue weighted by atomic mass is 16.5. The molecule has 0 radical (unpaired) electrons. The first-order valence-electron chi connectivity index (χ1n) is 10.2. The number of nitrogens with zero attached hydrogens (tertiary/aromatic N) is 2. The first-order chi connectivity index (χ1) is 15.6. The Morgan fingerprint density at radius 2 is 1.31 bits per heavy atom. The molecule has 0 saturated carbocycles. The van der Waals surface area contributed by atoms with E-state index < -0.39 is 6.09 Å². The Morgan fingerprint density at radius 1 is 0.781 bits per heavy atom. The van der Waals surface area contributed by atoms with Gasteiger partial charge in [-0.3, -0.25) is 0 Å². The highest BCUT2D eigenvalue weighted by molar-refractivity contribution is 5.67. The molecule has 1 amide bonds. The van der Waals surface area contributed by atoms with E-state index in [1.165, 1.54) is 5.56 Å². The van der Waals surface area contributed by atoms with Crippen molar-refractivity contribution < 1.29 is 9.53 Å². The van der Waals surface area contributed by atoms with Crippen molar-refractivity contribution in [2.75, 3.05) is 13.1 Å². The number of carbonyl (C=O) groups is 1. The van der Waals surface area contributed by atoms with Crippen molar-refractivity contribution in [3.8, 4) is 0 Å². The molecule has 0 aliphatic rings. The lowest BCUT2D eigenvalue weighted by atomic mass is 10.1. The lowest BCUT2D eigenvalue weighted by Gasteiger charge is -2.07. The van der Waals surface area contributed by atoms with Crippen LogP contribution in [0.4, 0.5) is 16.2 Å². The number of hydrogen-bond acceptors (Lipinski definition) is 3. The number of carbonyl (C=O) groups excluding carboxylic acids is 1. The molecule has 162 valence electrons. The Balaban J connectivity index is 0.000000278. The van der Waals surface area contributed by atoms with Crippen molar-refractivity contribution in [3.05, 3.63) is 118 Å². The summed E-state index contributed by atoms with van der Waals surface area (Å²) in [7, 11) is 0. The summed E-state index contributed by atoms with van der Waals surface area (Å²) in [6, 6.07) is 24.4. The minimum Gasteiger partial charge on any atom is -0.445 e. The number of benzene rings is 3. The fourth-order valence-electron chi connectivity index (χ4n) is 2.72. The molecule has 0 fully saturated rings. The van der Waals surface area contributed by atoms with Gasteiger partial charge in [-0.2, -0.15) is 0 Å². The lowest BCUT2D eigenvalue weighted by Crippen LogP contribution is -2.26. The monoisotopic (exact) mass is 426 g/mol. The number of hydrogen-bond donors (Lipinski definition) is 2. The number of nitrogens with one attached hydrogen (secondary N) is 1. The SMILES string of the molecule is [C-]#[N+]c1ccc(CCN)cc1.[C-]#[N+]c1ccc(CCNC(=O)OCc2ccccc2)cc1. The minimum absolute atomic E-state index is 0.270. The molecular weight excluding hydrogens is 400 g/mol. The summed E-state index contributed by atoms with van der Waals surface area (Å²) in [6.45, 7) is 15.0. The topological polar surface area (TPSA) is 73.1 Å². The summed E-state index contributed by atoms with van der Waals surface area (Å²) < 4.78 is 5.11. The Labute approximate surface area is 189 Å². The van der Waals surface area contributed by atoms with E-state index in [-0.39, 0.29) is 6.61 Å². The summed E-state index contributed by atoms with van der Waals surface area (Å²) in [5.74, 6) is 0. The second kappa shape index (κ2) is 14.0. The van der Waals surface area contributed by atoms with Gasteiger partial charge in [0.2, 0.25) is 0 Å². The van der Waals surface area contributed by atoms with Crippen LogP contribution in [0.5, 0.6) is 0 Å². The van der Waals surface area contributed by atoms with Crippen LogP contribution >= 0.6 is 0 Å². The van der Waals surface area contributed by atoms with Crippen LogP contribution in [0.15, 0.2) is 78.9 Å². The van der Waals surface area contributed by atoms with Gasteiger partial charge in [-0.1, -0.05) is 78.9 Å². The van der Waals surface area contributed by atoms with Crippen LogP contribution in [0.2, 0.25) is 0 Å². The molecule has 3 aromatic rings. The molecule has 0 bridgehead atoms. The molecule has 6 heteroatoms. The van der Waals surface area contributed by atoms with E-state index in [1.54, 1.807) is 12.1 Å². The Kier molecular flexibility index (Phi) is 10.5. The summed E-state index contributed by atoms with van der Waals surface area (Å²) in [5.41, 5.74) is 9.91. The second-order valence-corrected chi connectivity index (χ2v) is 6.83. The van der Waals surface area contributed by atoms with Gasteiger partial charge in [0, 0.05) is 6.54 Å². The van der Waals surface area contributed by atoms with Gasteiger partial charge >= 0.3 is 6.09 Å². The van der Waals surface area contributed by atoms with E-state index in [9.17, 15) is 4.79 Å². The molecule has 0 heterocycles. The van der Waals surface area contributed by atoms with E-state index in [0.29, 0.717) is 30.9 Å². The molecule has 0 unspecified atom stereocenters. The molecule has 32 heavy (non-hydrogen) atoms. The van der Waals surface area contributed by atoms with Gasteiger partial charge in [0.05, 0.1) is 13.1 Å². The van der Waals surface area contributed by atoms with E-state index in [0.717, 1.165) is 17.5 Å². The normalized spacial score (nSPS) is 9.47. The maximum atomic E-state index is 11.5. The van der Waals surface area contributed by atoms with E-state index >= 15 is 0 Å². The predicted octanol–water partition coefficient (Wildman–Crippen LogP) is 5.44. The van der Waals surface area contributed by atoms with Gasteiger partial charge < -0.3 is 15.8 Å². The van der Waals surface area contributed by atoms with Crippen LogP contribution < -0.4 is 11.1 Å². The van der Waals surface area contributed by atoms with E-state index in [4.69, 9.17) is 23.6 Å². The highest BCUT2D eigenvalue weighted by Crippen LogP contribution is 2.13. The summed E-state index contributed by atoms with van der Waals surface area (Å²) in [5, 5.41) is 2.71. The van der Waals surface area contributed by atoms with Crippen LogP contribution in [0.3, 0.4) is 0 Å². The van der Waals surface area contributed by atoms with Crippen LogP contribution in [0.25, 0.3) is 9.69 Å². The van der Waals surface area contributed by atoms with Crippen molar-refractivity contribution in [2.45, 2.75) is 19.4 Å². The largest absolute Gasteiger partial charge is 0.445 e.